The molecule has 1 rings (SSSR count). The van der Waals surface area contributed by atoms with E-state index in [1.807, 2.05) is 0 Å². The number of hydrogen-bond donors (Lipinski definition) is 4. The Kier molecular flexibility index (Phi) is 3.44. The van der Waals surface area contributed by atoms with Crippen molar-refractivity contribution in [3.05, 3.63) is 0 Å². The monoisotopic (exact) mass is 203 g/mol. The zero-order valence-electron chi connectivity index (χ0n) is 7.12. The molecule has 1 heterocycles. The highest BCUT2D eigenvalue weighted by molar-refractivity contribution is 7.80. The summed E-state index contributed by atoms with van der Waals surface area (Å²) in [5, 5.41) is 14.7. The second-order valence-electron chi connectivity index (χ2n) is 3.15. The van der Waals surface area contributed by atoms with Crippen LogP contribution in [0.1, 0.15) is 6.42 Å². The topological polar surface area (TPSA) is 87.4 Å². The van der Waals surface area contributed by atoms with E-state index in [-0.39, 0.29) is 5.11 Å². The van der Waals surface area contributed by atoms with Gasteiger partial charge in [-0.15, -0.1) is 0 Å². The lowest BCUT2D eigenvalue weighted by molar-refractivity contribution is -0.139. The SMILES string of the molecule is NC(=S)NC[C@@H]1CN[C@H](C(=O)O)C1. The Hall–Kier alpha value is -0.880. The van der Waals surface area contributed by atoms with E-state index in [0.29, 0.717) is 25.4 Å². The van der Waals surface area contributed by atoms with Crippen molar-refractivity contribution in [2.24, 2.45) is 11.7 Å². The normalized spacial score (nSPS) is 27.1. The number of carboxylic acids is 1. The smallest absolute Gasteiger partial charge is 0.320 e. The van der Waals surface area contributed by atoms with Crippen LogP contribution >= 0.6 is 12.2 Å². The molecule has 1 aliphatic heterocycles. The minimum Gasteiger partial charge on any atom is -0.480 e. The molecule has 0 unspecified atom stereocenters. The molecule has 0 radical (unpaired) electrons. The van der Waals surface area contributed by atoms with E-state index in [2.05, 4.69) is 22.9 Å². The van der Waals surface area contributed by atoms with Crippen molar-refractivity contribution in [1.29, 1.82) is 0 Å². The van der Waals surface area contributed by atoms with Crippen molar-refractivity contribution < 1.29 is 9.90 Å². The highest BCUT2D eigenvalue weighted by Crippen LogP contribution is 2.12. The molecule has 0 aromatic carbocycles. The first-order valence-electron chi connectivity index (χ1n) is 4.09. The molecule has 5 nitrogen and oxygen atoms in total. The fourth-order valence-corrected chi connectivity index (χ4v) is 1.48. The third kappa shape index (κ3) is 3.16. The Bertz CT molecular complexity index is 222. The standard InChI is InChI=1S/C7H13N3O2S/c8-7(13)10-3-4-1-5(6(11)12)9-2-4/h4-5,9H,1-3H2,(H,11,12)(H3,8,10,13)/t4-,5-/m0/s1. The molecule has 0 spiro atoms. The molecule has 1 fully saturated rings. The van der Waals surface area contributed by atoms with E-state index in [9.17, 15) is 4.79 Å². The van der Waals surface area contributed by atoms with Crippen molar-refractivity contribution in [3.8, 4) is 0 Å². The van der Waals surface area contributed by atoms with Crippen molar-refractivity contribution in [3.63, 3.8) is 0 Å². The van der Waals surface area contributed by atoms with E-state index in [1.54, 1.807) is 0 Å². The summed E-state index contributed by atoms with van der Waals surface area (Å²) in [7, 11) is 0. The van der Waals surface area contributed by atoms with Gasteiger partial charge in [-0.1, -0.05) is 0 Å². The second-order valence-corrected chi connectivity index (χ2v) is 3.59. The van der Waals surface area contributed by atoms with Gasteiger partial charge in [0.1, 0.15) is 6.04 Å². The molecular weight excluding hydrogens is 190 g/mol. The average molecular weight is 203 g/mol. The minimum atomic E-state index is -0.794. The van der Waals surface area contributed by atoms with Crippen LogP contribution in [0.5, 0.6) is 0 Å². The highest BCUT2D eigenvalue weighted by atomic mass is 32.1. The summed E-state index contributed by atoms with van der Waals surface area (Å²) >= 11 is 4.64. The first kappa shape index (κ1) is 10.2. The molecule has 1 saturated heterocycles. The number of rotatable bonds is 3. The van der Waals surface area contributed by atoms with E-state index in [1.165, 1.54) is 0 Å². The fraction of sp³-hybridized carbons (Fsp3) is 0.714. The number of nitrogens with two attached hydrogens (primary N) is 1. The lowest BCUT2D eigenvalue weighted by atomic mass is 10.1. The van der Waals surface area contributed by atoms with Crippen LogP contribution in [-0.4, -0.2) is 35.3 Å². The number of carbonyl (C=O) groups is 1. The van der Waals surface area contributed by atoms with Crippen LogP contribution in [0.2, 0.25) is 0 Å². The van der Waals surface area contributed by atoms with Gasteiger partial charge in [0.05, 0.1) is 0 Å². The first-order valence-corrected chi connectivity index (χ1v) is 4.50. The van der Waals surface area contributed by atoms with Gasteiger partial charge in [-0.3, -0.25) is 4.79 Å². The maximum absolute atomic E-state index is 10.6. The third-order valence-corrected chi connectivity index (χ3v) is 2.23. The molecule has 2 atom stereocenters. The maximum atomic E-state index is 10.6. The number of aliphatic carboxylic acids is 1. The van der Waals surface area contributed by atoms with Crippen LogP contribution in [0.25, 0.3) is 0 Å². The summed E-state index contributed by atoms with van der Waals surface area (Å²) in [6, 6.07) is -0.418. The Morgan fingerprint density at radius 3 is 2.92 bits per heavy atom. The van der Waals surface area contributed by atoms with Crippen LogP contribution in [0, 0.1) is 5.92 Å². The highest BCUT2D eigenvalue weighted by Gasteiger charge is 2.28. The van der Waals surface area contributed by atoms with Crippen molar-refractivity contribution in [2.75, 3.05) is 13.1 Å². The van der Waals surface area contributed by atoms with Gasteiger partial charge in [0.25, 0.3) is 0 Å². The Morgan fingerprint density at radius 1 is 1.77 bits per heavy atom. The first-order chi connectivity index (χ1) is 6.09. The van der Waals surface area contributed by atoms with Gasteiger partial charge in [-0.25, -0.2) is 0 Å². The van der Waals surface area contributed by atoms with Gasteiger partial charge in [0, 0.05) is 13.1 Å². The third-order valence-electron chi connectivity index (χ3n) is 2.09. The van der Waals surface area contributed by atoms with Gasteiger partial charge in [0.2, 0.25) is 0 Å². The predicted octanol–water partition coefficient (Wildman–Crippen LogP) is -1.12. The second kappa shape index (κ2) is 4.38. The Labute approximate surface area is 81.7 Å². The summed E-state index contributed by atoms with van der Waals surface area (Å²) < 4.78 is 0. The maximum Gasteiger partial charge on any atom is 0.320 e. The lowest BCUT2D eigenvalue weighted by Gasteiger charge is -2.09. The number of carboxylic acid groups (broad SMARTS) is 1. The van der Waals surface area contributed by atoms with E-state index in [4.69, 9.17) is 10.8 Å². The number of nitrogens with one attached hydrogen (secondary N) is 2. The van der Waals surface area contributed by atoms with Gasteiger partial charge >= 0.3 is 5.97 Å². The van der Waals surface area contributed by atoms with Gasteiger partial charge < -0.3 is 21.5 Å². The van der Waals surface area contributed by atoms with Gasteiger partial charge in [-0.05, 0) is 24.6 Å². The molecule has 74 valence electrons. The van der Waals surface area contributed by atoms with Gasteiger partial charge in [0.15, 0.2) is 5.11 Å². The van der Waals surface area contributed by atoms with E-state index in [0.717, 1.165) is 0 Å². The Morgan fingerprint density at radius 2 is 2.46 bits per heavy atom. The molecule has 0 aromatic heterocycles. The minimum absolute atomic E-state index is 0.263. The predicted molar refractivity (Wildman–Crippen MR) is 52.3 cm³/mol. The Balaban J connectivity index is 2.25. The molecule has 1 aliphatic rings. The van der Waals surface area contributed by atoms with Crippen LogP contribution < -0.4 is 16.4 Å². The van der Waals surface area contributed by atoms with Gasteiger partial charge in [-0.2, -0.15) is 0 Å². The van der Waals surface area contributed by atoms with Crippen LogP contribution in [-0.2, 0) is 4.79 Å². The zero-order chi connectivity index (χ0) is 9.84. The van der Waals surface area contributed by atoms with E-state index >= 15 is 0 Å². The molecule has 0 aliphatic carbocycles. The summed E-state index contributed by atoms with van der Waals surface area (Å²) in [6.07, 6.45) is 0.630. The van der Waals surface area contributed by atoms with Crippen LogP contribution in [0.3, 0.4) is 0 Å². The molecule has 6 heteroatoms. The number of hydrogen-bond acceptors (Lipinski definition) is 3. The summed E-state index contributed by atoms with van der Waals surface area (Å²) in [5.74, 6) is -0.500. The molecule has 0 saturated carbocycles. The molecule has 0 amide bonds. The molecule has 5 N–H and O–H groups in total. The summed E-state index contributed by atoms with van der Waals surface area (Å²) in [4.78, 5) is 10.6. The molecular formula is C7H13N3O2S. The van der Waals surface area contributed by atoms with Crippen LogP contribution in [0.4, 0.5) is 0 Å². The van der Waals surface area contributed by atoms with E-state index < -0.39 is 12.0 Å². The lowest BCUT2D eigenvalue weighted by Crippen LogP contribution is -2.34. The largest absolute Gasteiger partial charge is 0.480 e. The van der Waals surface area contributed by atoms with Crippen molar-refractivity contribution >= 4 is 23.3 Å². The molecule has 0 bridgehead atoms. The summed E-state index contributed by atoms with van der Waals surface area (Å²) in [5.41, 5.74) is 5.25. The molecule has 0 aromatic rings. The summed E-state index contributed by atoms with van der Waals surface area (Å²) in [6.45, 7) is 1.35. The average Bonchev–Trinajstić information content (AvgIpc) is 2.48. The number of thiocarbonyl (C=S) groups is 1. The quantitative estimate of drug-likeness (QED) is 0.435. The zero-order valence-corrected chi connectivity index (χ0v) is 7.93. The fourth-order valence-electron chi connectivity index (χ4n) is 1.40. The van der Waals surface area contributed by atoms with Crippen molar-refractivity contribution in [1.82, 2.24) is 10.6 Å². The van der Waals surface area contributed by atoms with Crippen molar-refractivity contribution in [2.45, 2.75) is 12.5 Å². The van der Waals surface area contributed by atoms with Crippen LogP contribution in [0.15, 0.2) is 0 Å². The molecule has 13 heavy (non-hydrogen) atoms.